The highest BCUT2D eigenvalue weighted by Crippen LogP contribution is 2.30. The van der Waals surface area contributed by atoms with Crippen LogP contribution in [-0.4, -0.2) is 53.0 Å². The van der Waals surface area contributed by atoms with Gasteiger partial charge in [0.15, 0.2) is 0 Å². The number of carbonyl (C=O) groups is 1. The van der Waals surface area contributed by atoms with Crippen molar-refractivity contribution in [1.82, 2.24) is 20.1 Å². The molecule has 0 saturated carbocycles. The van der Waals surface area contributed by atoms with E-state index in [4.69, 9.17) is 0 Å². The van der Waals surface area contributed by atoms with Gasteiger partial charge >= 0.3 is 6.03 Å². The normalized spacial score (nSPS) is 18.4. The van der Waals surface area contributed by atoms with Crippen LogP contribution in [0.25, 0.3) is 0 Å². The Balaban J connectivity index is 1.32. The zero-order chi connectivity index (χ0) is 21.8. The molecule has 6 heteroatoms. The molecule has 2 aromatic carbocycles. The summed E-state index contributed by atoms with van der Waals surface area (Å²) in [4.78, 5) is 24.2. The minimum Gasteiger partial charge on any atom is -0.364 e. The Morgan fingerprint density at radius 1 is 0.906 bits per heavy atom. The third-order valence-electron chi connectivity index (χ3n) is 6.39. The number of piperazine rings is 1. The molecule has 2 aliphatic rings. The van der Waals surface area contributed by atoms with Crippen molar-refractivity contribution in [2.45, 2.75) is 25.7 Å². The van der Waals surface area contributed by atoms with Crippen LogP contribution in [0.3, 0.4) is 0 Å². The second-order valence-electron chi connectivity index (χ2n) is 8.59. The van der Waals surface area contributed by atoms with E-state index in [0.717, 1.165) is 31.7 Å². The molecule has 0 spiro atoms. The zero-order valence-electron chi connectivity index (χ0n) is 18.2. The first kappa shape index (κ1) is 20.5. The summed E-state index contributed by atoms with van der Waals surface area (Å²) in [7, 11) is 0. The molecule has 5 rings (SSSR count). The molecular weight excluding hydrogens is 398 g/mol. The highest BCUT2D eigenvalue weighted by Gasteiger charge is 2.34. The van der Waals surface area contributed by atoms with Crippen LogP contribution in [0.5, 0.6) is 0 Å². The van der Waals surface area contributed by atoms with Gasteiger partial charge in [-0.2, -0.15) is 0 Å². The number of fused-ring (bicyclic) bond motifs is 3. The third kappa shape index (κ3) is 4.60. The van der Waals surface area contributed by atoms with Crippen LogP contribution in [0.15, 0.2) is 79.1 Å². The SMILES string of the molecule is O=C(NCc1ccncc1)N1Cc2ccccc2N2CCN(Cc3ccccc3)CC2C1. The summed E-state index contributed by atoms with van der Waals surface area (Å²) in [6.45, 7) is 5.73. The summed E-state index contributed by atoms with van der Waals surface area (Å²) in [6, 6.07) is 23.3. The lowest BCUT2D eigenvalue weighted by molar-refractivity contribution is 0.169. The van der Waals surface area contributed by atoms with E-state index >= 15 is 0 Å². The van der Waals surface area contributed by atoms with Crippen molar-refractivity contribution in [3.8, 4) is 0 Å². The number of hydrogen-bond acceptors (Lipinski definition) is 4. The molecule has 2 amide bonds. The molecule has 0 bridgehead atoms. The van der Waals surface area contributed by atoms with Crippen molar-refractivity contribution in [2.75, 3.05) is 31.1 Å². The number of urea groups is 1. The smallest absolute Gasteiger partial charge is 0.318 e. The second-order valence-corrected chi connectivity index (χ2v) is 8.59. The lowest BCUT2D eigenvalue weighted by atomic mass is 10.1. The molecule has 164 valence electrons. The predicted molar refractivity (Wildman–Crippen MR) is 126 cm³/mol. The molecule has 1 fully saturated rings. The fourth-order valence-electron chi connectivity index (χ4n) is 4.77. The van der Waals surface area contributed by atoms with Gasteiger partial charge in [-0.1, -0.05) is 48.5 Å². The van der Waals surface area contributed by atoms with Gasteiger partial charge in [-0.05, 0) is 34.9 Å². The number of hydrogen-bond donors (Lipinski definition) is 1. The van der Waals surface area contributed by atoms with E-state index in [2.05, 4.69) is 74.7 Å². The summed E-state index contributed by atoms with van der Waals surface area (Å²) >= 11 is 0. The van der Waals surface area contributed by atoms with Crippen molar-refractivity contribution in [3.05, 3.63) is 95.8 Å². The molecule has 1 aromatic heterocycles. The van der Waals surface area contributed by atoms with Gasteiger partial charge in [0.25, 0.3) is 0 Å². The first-order valence-corrected chi connectivity index (χ1v) is 11.3. The number of nitrogens with one attached hydrogen (secondary N) is 1. The van der Waals surface area contributed by atoms with Crippen LogP contribution in [0.1, 0.15) is 16.7 Å². The molecule has 0 aliphatic carbocycles. The van der Waals surface area contributed by atoms with Gasteiger partial charge in [0.05, 0.1) is 6.04 Å². The number of anilines is 1. The molecular formula is C26H29N5O. The van der Waals surface area contributed by atoms with Crippen molar-refractivity contribution in [3.63, 3.8) is 0 Å². The summed E-state index contributed by atoms with van der Waals surface area (Å²) in [5.74, 6) is 0. The van der Waals surface area contributed by atoms with E-state index in [1.165, 1.54) is 16.8 Å². The molecule has 1 unspecified atom stereocenters. The van der Waals surface area contributed by atoms with Gasteiger partial charge in [-0.25, -0.2) is 4.79 Å². The number of carbonyl (C=O) groups excluding carboxylic acids is 1. The van der Waals surface area contributed by atoms with Crippen molar-refractivity contribution in [1.29, 1.82) is 0 Å². The van der Waals surface area contributed by atoms with Crippen molar-refractivity contribution >= 4 is 11.7 Å². The lowest BCUT2D eigenvalue weighted by Crippen LogP contribution is -2.57. The van der Waals surface area contributed by atoms with Crippen LogP contribution < -0.4 is 10.2 Å². The van der Waals surface area contributed by atoms with Gasteiger partial charge in [-0.15, -0.1) is 0 Å². The third-order valence-corrected chi connectivity index (χ3v) is 6.39. The van der Waals surface area contributed by atoms with E-state index in [1.807, 2.05) is 17.0 Å². The van der Waals surface area contributed by atoms with Crippen LogP contribution in [0.2, 0.25) is 0 Å². The molecule has 32 heavy (non-hydrogen) atoms. The topological polar surface area (TPSA) is 51.7 Å². The fraction of sp³-hybridized carbons (Fsp3) is 0.308. The molecule has 1 atom stereocenters. The number of para-hydroxylation sites is 1. The number of pyridine rings is 1. The molecule has 0 radical (unpaired) electrons. The number of rotatable bonds is 4. The van der Waals surface area contributed by atoms with Gasteiger partial charge < -0.3 is 15.1 Å². The predicted octanol–water partition coefficient (Wildman–Crippen LogP) is 3.50. The summed E-state index contributed by atoms with van der Waals surface area (Å²) in [6.07, 6.45) is 3.51. The number of aromatic nitrogens is 1. The van der Waals surface area contributed by atoms with Gasteiger partial charge in [0.2, 0.25) is 0 Å². The van der Waals surface area contributed by atoms with Gasteiger partial charge in [0, 0.05) is 63.9 Å². The Kier molecular flexibility index (Phi) is 6.03. The Hall–Kier alpha value is -3.38. The largest absolute Gasteiger partial charge is 0.364 e. The van der Waals surface area contributed by atoms with Crippen LogP contribution >= 0.6 is 0 Å². The van der Waals surface area contributed by atoms with Crippen LogP contribution in [-0.2, 0) is 19.6 Å². The maximum Gasteiger partial charge on any atom is 0.318 e. The molecule has 1 saturated heterocycles. The van der Waals surface area contributed by atoms with Gasteiger partial charge in [0.1, 0.15) is 0 Å². The fourth-order valence-corrected chi connectivity index (χ4v) is 4.77. The number of nitrogens with zero attached hydrogens (tertiary/aromatic N) is 4. The summed E-state index contributed by atoms with van der Waals surface area (Å²) in [5, 5.41) is 3.10. The van der Waals surface area contributed by atoms with E-state index in [9.17, 15) is 4.79 Å². The second kappa shape index (κ2) is 9.40. The molecule has 6 nitrogen and oxygen atoms in total. The molecule has 3 heterocycles. The lowest BCUT2D eigenvalue weighted by Gasteiger charge is -2.43. The Morgan fingerprint density at radius 2 is 1.69 bits per heavy atom. The van der Waals surface area contributed by atoms with Crippen molar-refractivity contribution < 1.29 is 4.79 Å². The van der Waals surface area contributed by atoms with Gasteiger partial charge in [-0.3, -0.25) is 9.88 Å². The first-order valence-electron chi connectivity index (χ1n) is 11.3. The summed E-state index contributed by atoms with van der Waals surface area (Å²) in [5.41, 5.74) is 4.87. The summed E-state index contributed by atoms with van der Waals surface area (Å²) < 4.78 is 0. The molecule has 2 aliphatic heterocycles. The highest BCUT2D eigenvalue weighted by molar-refractivity contribution is 5.75. The Labute approximate surface area is 189 Å². The zero-order valence-corrected chi connectivity index (χ0v) is 18.2. The Bertz CT molecular complexity index is 1040. The molecule has 1 N–H and O–H groups in total. The average molecular weight is 428 g/mol. The maximum atomic E-state index is 13.1. The van der Waals surface area contributed by atoms with E-state index in [1.54, 1.807) is 12.4 Å². The number of amides is 2. The minimum atomic E-state index is -0.0151. The first-order chi connectivity index (χ1) is 15.8. The Morgan fingerprint density at radius 3 is 2.53 bits per heavy atom. The van der Waals surface area contributed by atoms with Crippen molar-refractivity contribution in [2.24, 2.45) is 0 Å². The minimum absolute atomic E-state index is 0.0151. The van der Waals surface area contributed by atoms with Crippen LogP contribution in [0, 0.1) is 0 Å². The standard InChI is InChI=1S/C26H29N5O/c32-26(28-16-21-10-12-27-13-11-21)30-18-23-8-4-5-9-25(23)31-15-14-29(19-24(31)20-30)17-22-6-2-1-3-7-22/h1-13,24H,14-20H2,(H,28,32). The monoisotopic (exact) mass is 427 g/mol. The van der Waals surface area contributed by atoms with E-state index in [-0.39, 0.29) is 12.1 Å². The quantitative estimate of drug-likeness (QED) is 0.693. The van der Waals surface area contributed by atoms with E-state index in [0.29, 0.717) is 19.6 Å². The maximum absolute atomic E-state index is 13.1. The number of benzene rings is 2. The molecule has 3 aromatic rings. The van der Waals surface area contributed by atoms with Crippen LogP contribution in [0.4, 0.5) is 10.5 Å². The van der Waals surface area contributed by atoms with E-state index < -0.39 is 0 Å². The average Bonchev–Trinajstić information content (AvgIpc) is 3.00. The highest BCUT2D eigenvalue weighted by atomic mass is 16.2.